The van der Waals surface area contributed by atoms with Crippen molar-refractivity contribution in [1.82, 2.24) is 19.5 Å². The molecule has 0 saturated carbocycles. The topological polar surface area (TPSA) is 110 Å². The van der Waals surface area contributed by atoms with Gasteiger partial charge in [0.2, 0.25) is 0 Å². The Morgan fingerprint density at radius 1 is 1.44 bits per heavy atom. The van der Waals surface area contributed by atoms with Crippen molar-refractivity contribution in [3.8, 4) is 0 Å². The molecule has 96 valence electrons. The number of nitrogen functional groups attached to an aromatic ring is 1. The second-order valence-electron chi connectivity index (χ2n) is 4.20. The molecule has 1 unspecified atom stereocenters. The molecule has 3 atom stereocenters. The molecule has 0 amide bonds. The molecule has 1 aliphatic rings. The average molecular weight is 267 g/mol. The van der Waals surface area contributed by atoms with Crippen LogP contribution in [0.15, 0.2) is 12.7 Å². The van der Waals surface area contributed by atoms with Crippen LogP contribution in [0.2, 0.25) is 0 Å². The van der Waals surface area contributed by atoms with Crippen LogP contribution in [-0.4, -0.2) is 47.7 Å². The van der Waals surface area contributed by atoms with E-state index in [1.807, 2.05) is 4.57 Å². The maximum absolute atomic E-state index is 9.81. The van der Waals surface area contributed by atoms with Gasteiger partial charge in [0.25, 0.3) is 0 Å². The largest absolute Gasteiger partial charge is 0.395 e. The summed E-state index contributed by atoms with van der Waals surface area (Å²) >= 11 is 1.52. The van der Waals surface area contributed by atoms with Crippen molar-refractivity contribution < 1.29 is 10.2 Å². The lowest BCUT2D eigenvalue weighted by Gasteiger charge is -2.11. The monoisotopic (exact) mass is 267 g/mol. The summed E-state index contributed by atoms with van der Waals surface area (Å²) < 4.78 is 1.87. The zero-order chi connectivity index (χ0) is 12.7. The molecule has 2 aromatic heterocycles. The molecule has 8 heteroatoms. The summed E-state index contributed by atoms with van der Waals surface area (Å²) in [5.41, 5.74) is 6.95. The highest BCUT2D eigenvalue weighted by molar-refractivity contribution is 8.00. The van der Waals surface area contributed by atoms with E-state index in [-0.39, 0.29) is 17.2 Å². The summed E-state index contributed by atoms with van der Waals surface area (Å²) in [6, 6.07) is 0. The van der Waals surface area contributed by atoms with Crippen molar-refractivity contribution in [1.29, 1.82) is 0 Å². The van der Waals surface area contributed by atoms with E-state index in [2.05, 4.69) is 15.0 Å². The predicted octanol–water partition coefficient (Wildman–Crippen LogP) is -0.234. The third-order valence-electron chi connectivity index (χ3n) is 3.08. The quantitative estimate of drug-likeness (QED) is 0.689. The lowest BCUT2D eigenvalue weighted by Crippen LogP contribution is -2.20. The molecular weight excluding hydrogens is 254 g/mol. The summed E-state index contributed by atoms with van der Waals surface area (Å²) in [6.45, 7) is -0.0356. The number of hydrogen-bond donors (Lipinski definition) is 3. The lowest BCUT2D eigenvalue weighted by molar-refractivity contribution is 0.138. The van der Waals surface area contributed by atoms with Crippen LogP contribution in [0.4, 0.5) is 5.82 Å². The van der Waals surface area contributed by atoms with E-state index >= 15 is 0 Å². The van der Waals surface area contributed by atoms with Crippen LogP contribution in [0.1, 0.15) is 11.8 Å². The molecule has 0 spiro atoms. The molecule has 4 N–H and O–H groups in total. The zero-order valence-electron chi connectivity index (χ0n) is 9.47. The highest BCUT2D eigenvalue weighted by atomic mass is 32.2. The Morgan fingerprint density at radius 2 is 2.28 bits per heavy atom. The molecule has 1 saturated heterocycles. The minimum atomic E-state index is -0.512. The molecule has 2 aromatic rings. The van der Waals surface area contributed by atoms with Gasteiger partial charge in [-0.1, -0.05) is 0 Å². The van der Waals surface area contributed by atoms with E-state index in [4.69, 9.17) is 10.8 Å². The molecule has 1 aliphatic heterocycles. The maximum Gasteiger partial charge on any atom is 0.166 e. The van der Waals surface area contributed by atoms with Gasteiger partial charge in [-0.2, -0.15) is 0 Å². The van der Waals surface area contributed by atoms with E-state index in [9.17, 15) is 5.11 Å². The molecule has 3 heterocycles. The molecule has 1 fully saturated rings. The first kappa shape index (κ1) is 11.7. The van der Waals surface area contributed by atoms with Crippen molar-refractivity contribution in [3.63, 3.8) is 0 Å². The summed E-state index contributed by atoms with van der Waals surface area (Å²) in [7, 11) is 0. The Bertz CT molecular complexity index is 574. The van der Waals surface area contributed by atoms with Crippen molar-refractivity contribution in [2.24, 2.45) is 0 Å². The second kappa shape index (κ2) is 4.38. The second-order valence-corrected chi connectivity index (χ2v) is 5.62. The summed E-state index contributed by atoms with van der Waals surface area (Å²) in [6.07, 6.45) is 3.10. The Kier molecular flexibility index (Phi) is 2.84. The Morgan fingerprint density at radius 3 is 3.00 bits per heavy atom. The number of aromatic nitrogens is 4. The standard InChI is InChI=1S/C10H13N5O2S/c11-9-8-10(13-3-12-9)15(4-14-8)7-1-5(17)6(2-16)18-7/h3-7,16-17H,1-2H2,(H2,11,12,13)/t5?,6-,7+/m1/s1. The molecule has 0 aliphatic carbocycles. The van der Waals surface area contributed by atoms with Gasteiger partial charge in [0.1, 0.15) is 11.8 Å². The number of fused-ring (bicyclic) bond motifs is 1. The summed E-state index contributed by atoms with van der Waals surface area (Å²) in [5, 5.41) is 18.8. The van der Waals surface area contributed by atoms with Gasteiger partial charge in [-0.15, -0.1) is 11.8 Å². The fraction of sp³-hybridized carbons (Fsp3) is 0.500. The van der Waals surface area contributed by atoms with E-state index < -0.39 is 6.10 Å². The van der Waals surface area contributed by atoms with E-state index in [0.29, 0.717) is 23.4 Å². The number of aliphatic hydroxyl groups is 2. The number of aliphatic hydroxyl groups excluding tert-OH is 2. The molecule has 18 heavy (non-hydrogen) atoms. The lowest BCUT2D eigenvalue weighted by atomic mass is 10.2. The first-order valence-corrected chi connectivity index (χ1v) is 6.52. The molecular formula is C10H13N5O2S. The number of anilines is 1. The highest BCUT2D eigenvalue weighted by Crippen LogP contribution is 2.42. The normalized spacial score (nSPS) is 28.0. The van der Waals surface area contributed by atoms with Crippen LogP contribution in [0.5, 0.6) is 0 Å². The number of thioether (sulfide) groups is 1. The fourth-order valence-electron chi connectivity index (χ4n) is 2.13. The van der Waals surface area contributed by atoms with Gasteiger partial charge in [-0.3, -0.25) is 0 Å². The predicted molar refractivity (Wildman–Crippen MR) is 67.9 cm³/mol. The van der Waals surface area contributed by atoms with Crippen LogP contribution in [0, 0.1) is 0 Å². The number of imidazole rings is 1. The van der Waals surface area contributed by atoms with Gasteiger partial charge in [0.05, 0.1) is 29.7 Å². The van der Waals surface area contributed by atoms with E-state index in [0.717, 1.165) is 0 Å². The first-order chi connectivity index (χ1) is 8.70. The highest BCUT2D eigenvalue weighted by Gasteiger charge is 2.35. The van der Waals surface area contributed by atoms with Crippen LogP contribution in [-0.2, 0) is 0 Å². The van der Waals surface area contributed by atoms with Crippen LogP contribution < -0.4 is 5.73 Å². The Labute approximate surface area is 107 Å². The summed E-state index contributed by atoms with van der Waals surface area (Å²) in [4.78, 5) is 12.3. The molecule has 0 radical (unpaired) electrons. The van der Waals surface area contributed by atoms with Crippen molar-refractivity contribution in [2.75, 3.05) is 12.3 Å². The van der Waals surface area contributed by atoms with Gasteiger partial charge >= 0.3 is 0 Å². The number of hydrogen-bond acceptors (Lipinski definition) is 7. The van der Waals surface area contributed by atoms with Crippen molar-refractivity contribution >= 4 is 28.7 Å². The van der Waals surface area contributed by atoms with Gasteiger partial charge in [-0.05, 0) is 0 Å². The van der Waals surface area contributed by atoms with Gasteiger partial charge in [0.15, 0.2) is 11.5 Å². The van der Waals surface area contributed by atoms with Gasteiger partial charge < -0.3 is 20.5 Å². The third kappa shape index (κ3) is 1.73. The smallest absolute Gasteiger partial charge is 0.166 e. The molecule has 7 nitrogen and oxygen atoms in total. The van der Waals surface area contributed by atoms with Crippen LogP contribution >= 0.6 is 11.8 Å². The molecule has 3 rings (SSSR count). The maximum atomic E-state index is 9.81. The third-order valence-corrected chi connectivity index (χ3v) is 4.63. The summed E-state index contributed by atoms with van der Waals surface area (Å²) in [5.74, 6) is 0.348. The number of nitrogens with two attached hydrogens (primary N) is 1. The van der Waals surface area contributed by atoms with Gasteiger partial charge in [0, 0.05) is 6.42 Å². The zero-order valence-corrected chi connectivity index (χ0v) is 10.3. The Balaban J connectivity index is 1.99. The van der Waals surface area contributed by atoms with Crippen molar-refractivity contribution in [3.05, 3.63) is 12.7 Å². The Hall–Kier alpha value is -1.38. The van der Waals surface area contributed by atoms with E-state index in [1.165, 1.54) is 18.1 Å². The minimum Gasteiger partial charge on any atom is -0.395 e. The molecule has 0 bridgehead atoms. The SMILES string of the molecule is Nc1ncnc2c1ncn2[C@@H]1CC(O)[C@@H](CO)S1. The van der Waals surface area contributed by atoms with Gasteiger partial charge in [-0.25, -0.2) is 15.0 Å². The minimum absolute atomic E-state index is 0.0106. The number of nitrogens with zero attached hydrogens (tertiary/aromatic N) is 4. The molecule has 0 aromatic carbocycles. The average Bonchev–Trinajstić information content (AvgIpc) is 2.93. The first-order valence-electron chi connectivity index (χ1n) is 5.58. The van der Waals surface area contributed by atoms with Crippen molar-refractivity contribution in [2.45, 2.75) is 23.1 Å². The number of rotatable bonds is 2. The van der Waals surface area contributed by atoms with Crippen LogP contribution in [0.3, 0.4) is 0 Å². The van der Waals surface area contributed by atoms with Crippen LogP contribution in [0.25, 0.3) is 11.2 Å². The van der Waals surface area contributed by atoms with E-state index in [1.54, 1.807) is 6.33 Å². The fourth-order valence-corrected chi connectivity index (χ4v) is 3.51.